The van der Waals surface area contributed by atoms with Gasteiger partial charge in [-0.15, -0.1) is 0 Å². The molecule has 5 heteroatoms. The van der Waals surface area contributed by atoms with Gasteiger partial charge in [-0.1, -0.05) is 23.2 Å². The maximum Gasteiger partial charge on any atom is 0.0710 e. The van der Waals surface area contributed by atoms with Crippen LogP contribution < -0.4 is 5.73 Å². The zero-order valence-electron chi connectivity index (χ0n) is 7.80. The van der Waals surface area contributed by atoms with Gasteiger partial charge in [0, 0.05) is 22.7 Å². The second-order valence-corrected chi connectivity index (χ2v) is 3.94. The van der Waals surface area contributed by atoms with Gasteiger partial charge in [-0.25, -0.2) is 0 Å². The first-order chi connectivity index (χ1) is 7.22. The van der Waals surface area contributed by atoms with Crippen LogP contribution in [0, 0.1) is 0 Å². The zero-order chi connectivity index (χ0) is 10.8. The summed E-state index contributed by atoms with van der Waals surface area (Å²) >= 11 is 11.9. The van der Waals surface area contributed by atoms with Crippen molar-refractivity contribution < 1.29 is 0 Å². The highest BCUT2D eigenvalue weighted by Crippen LogP contribution is 2.30. The SMILES string of the molecule is NCc1cn[nH]c1-c1ccc(Cl)cc1Cl. The third-order valence-electron chi connectivity index (χ3n) is 2.14. The van der Waals surface area contributed by atoms with Crippen molar-refractivity contribution in [1.82, 2.24) is 10.2 Å². The number of aromatic amines is 1. The van der Waals surface area contributed by atoms with Crippen LogP contribution in [0.1, 0.15) is 5.56 Å². The normalized spacial score (nSPS) is 10.6. The monoisotopic (exact) mass is 241 g/mol. The van der Waals surface area contributed by atoms with Crippen LogP contribution in [0.3, 0.4) is 0 Å². The van der Waals surface area contributed by atoms with E-state index in [1.807, 2.05) is 6.07 Å². The average molecular weight is 242 g/mol. The smallest absolute Gasteiger partial charge is 0.0710 e. The molecule has 3 nitrogen and oxygen atoms in total. The molecule has 2 rings (SSSR count). The topological polar surface area (TPSA) is 54.7 Å². The largest absolute Gasteiger partial charge is 0.326 e. The molecule has 0 unspecified atom stereocenters. The van der Waals surface area contributed by atoms with Crippen LogP contribution in [0.5, 0.6) is 0 Å². The Bertz CT molecular complexity index is 479. The first kappa shape index (κ1) is 10.5. The van der Waals surface area contributed by atoms with Gasteiger partial charge < -0.3 is 5.73 Å². The molecule has 0 spiro atoms. The van der Waals surface area contributed by atoms with Crippen LogP contribution in [0.25, 0.3) is 11.3 Å². The quantitative estimate of drug-likeness (QED) is 0.850. The fourth-order valence-electron chi connectivity index (χ4n) is 1.39. The Morgan fingerprint density at radius 1 is 1.33 bits per heavy atom. The molecule has 0 bridgehead atoms. The Balaban J connectivity index is 2.54. The lowest BCUT2D eigenvalue weighted by Gasteiger charge is -2.04. The highest BCUT2D eigenvalue weighted by atomic mass is 35.5. The summed E-state index contributed by atoms with van der Waals surface area (Å²) < 4.78 is 0. The average Bonchev–Trinajstić information content (AvgIpc) is 2.65. The predicted octanol–water partition coefficient (Wildman–Crippen LogP) is 2.84. The molecule has 1 heterocycles. The van der Waals surface area contributed by atoms with E-state index in [0.717, 1.165) is 16.8 Å². The predicted molar refractivity (Wildman–Crippen MR) is 61.9 cm³/mol. The van der Waals surface area contributed by atoms with Gasteiger partial charge in [-0.2, -0.15) is 5.10 Å². The lowest BCUT2D eigenvalue weighted by Crippen LogP contribution is -1.96. The minimum atomic E-state index is 0.421. The summed E-state index contributed by atoms with van der Waals surface area (Å²) in [5.41, 5.74) is 8.22. The number of rotatable bonds is 2. The maximum absolute atomic E-state index is 6.08. The maximum atomic E-state index is 6.08. The number of halogens is 2. The third kappa shape index (κ3) is 2.00. The Morgan fingerprint density at radius 2 is 2.13 bits per heavy atom. The van der Waals surface area contributed by atoms with Crippen molar-refractivity contribution in [2.24, 2.45) is 5.73 Å². The fourth-order valence-corrected chi connectivity index (χ4v) is 1.89. The zero-order valence-corrected chi connectivity index (χ0v) is 9.31. The van der Waals surface area contributed by atoms with Gasteiger partial charge in [0.25, 0.3) is 0 Å². The first-order valence-electron chi connectivity index (χ1n) is 4.40. The molecule has 3 N–H and O–H groups in total. The van der Waals surface area contributed by atoms with Crippen LogP contribution in [-0.2, 0) is 6.54 Å². The van der Waals surface area contributed by atoms with E-state index in [0.29, 0.717) is 16.6 Å². The molecule has 0 aliphatic heterocycles. The lowest BCUT2D eigenvalue weighted by atomic mass is 10.1. The van der Waals surface area contributed by atoms with E-state index < -0.39 is 0 Å². The summed E-state index contributed by atoms with van der Waals surface area (Å²) in [5, 5.41) is 8.01. The van der Waals surface area contributed by atoms with Crippen molar-refractivity contribution in [2.75, 3.05) is 0 Å². The van der Waals surface area contributed by atoms with Crippen molar-refractivity contribution in [3.05, 3.63) is 40.0 Å². The number of benzene rings is 1. The molecule has 15 heavy (non-hydrogen) atoms. The van der Waals surface area contributed by atoms with E-state index in [1.54, 1.807) is 18.3 Å². The van der Waals surface area contributed by atoms with Crippen molar-refractivity contribution in [3.8, 4) is 11.3 Å². The lowest BCUT2D eigenvalue weighted by molar-refractivity contribution is 1.08. The molecule has 0 aliphatic rings. The molecule has 0 radical (unpaired) electrons. The van der Waals surface area contributed by atoms with Crippen LogP contribution in [-0.4, -0.2) is 10.2 Å². The summed E-state index contributed by atoms with van der Waals surface area (Å²) in [7, 11) is 0. The van der Waals surface area contributed by atoms with Crippen LogP contribution >= 0.6 is 23.2 Å². The van der Waals surface area contributed by atoms with Gasteiger partial charge in [0.15, 0.2) is 0 Å². The molecule has 0 saturated carbocycles. The number of nitrogens with two attached hydrogens (primary N) is 1. The van der Waals surface area contributed by atoms with Crippen molar-refractivity contribution in [1.29, 1.82) is 0 Å². The van der Waals surface area contributed by atoms with Crippen molar-refractivity contribution in [3.63, 3.8) is 0 Å². The van der Waals surface area contributed by atoms with Gasteiger partial charge in [-0.3, -0.25) is 5.10 Å². The number of hydrogen-bond acceptors (Lipinski definition) is 2. The minimum absolute atomic E-state index is 0.421. The van der Waals surface area contributed by atoms with Crippen molar-refractivity contribution >= 4 is 23.2 Å². The number of H-pyrrole nitrogens is 1. The third-order valence-corrected chi connectivity index (χ3v) is 2.69. The van der Waals surface area contributed by atoms with Crippen LogP contribution in [0.4, 0.5) is 0 Å². The van der Waals surface area contributed by atoms with E-state index in [1.165, 1.54) is 0 Å². The van der Waals surface area contributed by atoms with Gasteiger partial charge in [-0.05, 0) is 18.2 Å². The van der Waals surface area contributed by atoms with Gasteiger partial charge in [0.2, 0.25) is 0 Å². The van der Waals surface area contributed by atoms with Crippen LogP contribution in [0.2, 0.25) is 10.0 Å². The standard InChI is InChI=1S/C10H9Cl2N3/c11-7-1-2-8(9(12)3-7)10-6(4-13)5-14-15-10/h1-3,5H,4,13H2,(H,14,15). The summed E-state index contributed by atoms with van der Waals surface area (Å²) in [5.74, 6) is 0. The molecular formula is C10H9Cl2N3. The molecule has 1 aromatic carbocycles. The summed E-state index contributed by atoms with van der Waals surface area (Å²) in [6.07, 6.45) is 1.69. The van der Waals surface area contributed by atoms with E-state index in [2.05, 4.69) is 10.2 Å². The Morgan fingerprint density at radius 3 is 2.80 bits per heavy atom. The summed E-state index contributed by atoms with van der Waals surface area (Å²) in [6.45, 7) is 0.421. The first-order valence-corrected chi connectivity index (χ1v) is 5.15. The number of aromatic nitrogens is 2. The second-order valence-electron chi connectivity index (χ2n) is 3.10. The van der Waals surface area contributed by atoms with Gasteiger partial charge in [0.05, 0.1) is 16.9 Å². The fraction of sp³-hybridized carbons (Fsp3) is 0.100. The second kappa shape index (κ2) is 4.23. The van der Waals surface area contributed by atoms with E-state index >= 15 is 0 Å². The number of nitrogens with one attached hydrogen (secondary N) is 1. The van der Waals surface area contributed by atoms with E-state index in [9.17, 15) is 0 Å². The Labute approximate surface area is 97.2 Å². The van der Waals surface area contributed by atoms with Gasteiger partial charge in [0.1, 0.15) is 0 Å². The molecule has 0 saturated heterocycles. The Hall–Kier alpha value is -1.03. The molecule has 0 aliphatic carbocycles. The molecule has 0 atom stereocenters. The van der Waals surface area contributed by atoms with Crippen molar-refractivity contribution in [2.45, 2.75) is 6.54 Å². The molecule has 0 fully saturated rings. The molecule has 78 valence electrons. The number of hydrogen-bond donors (Lipinski definition) is 2. The molecule has 2 aromatic rings. The van der Waals surface area contributed by atoms with E-state index in [4.69, 9.17) is 28.9 Å². The highest BCUT2D eigenvalue weighted by molar-refractivity contribution is 6.36. The number of nitrogens with zero attached hydrogens (tertiary/aromatic N) is 1. The highest BCUT2D eigenvalue weighted by Gasteiger charge is 2.09. The summed E-state index contributed by atoms with van der Waals surface area (Å²) in [4.78, 5) is 0. The van der Waals surface area contributed by atoms with E-state index in [-0.39, 0.29) is 0 Å². The summed E-state index contributed by atoms with van der Waals surface area (Å²) in [6, 6.07) is 5.32. The molecule has 1 aromatic heterocycles. The Kier molecular flexibility index (Phi) is 2.95. The minimum Gasteiger partial charge on any atom is -0.326 e. The molecule has 0 amide bonds. The molecular weight excluding hydrogens is 233 g/mol. The van der Waals surface area contributed by atoms with Crippen LogP contribution in [0.15, 0.2) is 24.4 Å². The van der Waals surface area contributed by atoms with Gasteiger partial charge >= 0.3 is 0 Å².